The molecule has 0 aliphatic carbocycles. The Kier molecular flexibility index (Phi) is 5.60. The van der Waals surface area contributed by atoms with E-state index < -0.39 is 0 Å². The van der Waals surface area contributed by atoms with E-state index in [9.17, 15) is 4.79 Å². The Labute approximate surface area is 95.2 Å². The van der Waals surface area contributed by atoms with Crippen molar-refractivity contribution >= 4 is 5.91 Å². The molecule has 1 amide bonds. The van der Waals surface area contributed by atoms with Crippen molar-refractivity contribution in [2.75, 3.05) is 20.3 Å². The lowest BCUT2D eigenvalue weighted by Crippen LogP contribution is -2.42. The maximum absolute atomic E-state index is 11.6. The van der Waals surface area contributed by atoms with Gasteiger partial charge in [0.05, 0.1) is 25.5 Å². The summed E-state index contributed by atoms with van der Waals surface area (Å²) < 4.78 is 9.99. The van der Waals surface area contributed by atoms with Crippen LogP contribution in [0.2, 0.25) is 0 Å². The second kappa shape index (κ2) is 7.03. The van der Waals surface area contributed by atoms with Crippen LogP contribution < -0.4 is 10.6 Å². The monoisotopic (exact) mass is 226 g/mol. The molecule has 1 rings (SSSR count). The van der Waals surface area contributed by atoms with Crippen LogP contribution in [0.25, 0.3) is 0 Å². The first-order chi connectivity index (χ1) is 7.74. The van der Waals surface area contributed by atoms with Crippen LogP contribution in [0.1, 0.15) is 12.7 Å². The third-order valence-electron chi connectivity index (χ3n) is 2.17. The van der Waals surface area contributed by atoms with Crippen molar-refractivity contribution in [3.63, 3.8) is 0 Å². The number of hydrogen-bond acceptors (Lipinski definition) is 4. The normalized spacial score (nSPS) is 12.4. The summed E-state index contributed by atoms with van der Waals surface area (Å²) in [6.07, 6.45) is 1.59. The largest absolute Gasteiger partial charge is 0.467 e. The van der Waals surface area contributed by atoms with E-state index in [1.54, 1.807) is 19.4 Å². The molecule has 1 aromatic heterocycles. The van der Waals surface area contributed by atoms with Crippen LogP contribution in [-0.2, 0) is 16.1 Å². The molecule has 1 aromatic rings. The zero-order chi connectivity index (χ0) is 11.8. The quantitative estimate of drug-likeness (QED) is 0.665. The van der Waals surface area contributed by atoms with Crippen molar-refractivity contribution < 1.29 is 13.9 Å². The average Bonchev–Trinajstić information content (AvgIpc) is 2.79. The first-order valence-electron chi connectivity index (χ1n) is 5.26. The van der Waals surface area contributed by atoms with Gasteiger partial charge in [-0.15, -0.1) is 0 Å². The number of ether oxygens (including phenoxy) is 1. The molecule has 2 N–H and O–H groups in total. The molecule has 0 bridgehead atoms. The molecule has 0 aliphatic rings. The topological polar surface area (TPSA) is 63.5 Å². The highest BCUT2D eigenvalue weighted by molar-refractivity contribution is 5.81. The van der Waals surface area contributed by atoms with E-state index in [1.165, 1.54) is 0 Å². The van der Waals surface area contributed by atoms with Gasteiger partial charge in [-0.3, -0.25) is 4.79 Å². The van der Waals surface area contributed by atoms with Crippen molar-refractivity contribution in [3.8, 4) is 0 Å². The molecule has 90 valence electrons. The van der Waals surface area contributed by atoms with Gasteiger partial charge >= 0.3 is 0 Å². The van der Waals surface area contributed by atoms with E-state index in [2.05, 4.69) is 10.6 Å². The Hall–Kier alpha value is -1.33. The third-order valence-corrected chi connectivity index (χ3v) is 2.17. The smallest absolute Gasteiger partial charge is 0.237 e. The van der Waals surface area contributed by atoms with Crippen LogP contribution in [0, 0.1) is 0 Å². The van der Waals surface area contributed by atoms with E-state index in [1.807, 2.05) is 13.0 Å². The van der Waals surface area contributed by atoms with Gasteiger partial charge in [0.25, 0.3) is 0 Å². The first-order valence-corrected chi connectivity index (χ1v) is 5.26. The van der Waals surface area contributed by atoms with E-state index >= 15 is 0 Å². The molecule has 0 radical (unpaired) electrons. The zero-order valence-corrected chi connectivity index (χ0v) is 9.66. The molecule has 0 spiro atoms. The Balaban J connectivity index is 2.18. The van der Waals surface area contributed by atoms with Gasteiger partial charge in [0.15, 0.2) is 0 Å². The van der Waals surface area contributed by atoms with Crippen LogP contribution >= 0.6 is 0 Å². The number of hydrogen-bond donors (Lipinski definition) is 2. The van der Waals surface area contributed by atoms with Crippen LogP contribution in [0.4, 0.5) is 0 Å². The van der Waals surface area contributed by atoms with Crippen LogP contribution in [-0.4, -0.2) is 32.2 Å². The van der Waals surface area contributed by atoms with Crippen LogP contribution in [0.5, 0.6) is 0 Å². The lowest BCUT2D eigenvalue weighted by Gasteiger charge is -2.12. The molecule has 0 aliphatic heterocycles. The fourth-order valence-corrected chi connectivity index (χ4v) is 1.21. The molecular weight excluding hydrogens is 208 g/mol. The molecule has 16 heavy (non-hydrogen) atoms. The maximum Gasteiger partial charge on any atom is 0.237 e. The number of methoxy groups -OCH3 is 1. The standard InChI is InChI=1S/C11H18N2O3/c1-9(12-5-7-15-2)11(14)13-8-10-4-3-6-16-10/h3-4,6,9,12H,5,7-8H2,1-2H3,(H,13,14). The Bertz CT molecular complexity index is 298. The summed E-state index contributed by atoms with van der Waals surface area (Å²) in [6, 6.07) is 3.38. The van der Waals surface area contributed by atoms with Crippen molar-refractivity contribution in [1.82, 2.24) is 10.6 Å². The van der Waals surface area contributed by atoms with Gasteiger partial charge in [-0.2, -0.15) is 0 Å². The van der Waals surface area contributed by atoms with Crippen molar-refractivity contribution in [2.24, 2.45) is 0 Å². The van der Waals surface area contributed by atoms with Gasteiger partial charge in [-0.25, -0.2) is 0 Å². The molecule has 5 nitrogen and oxygen atoms in total. The zero-order valence-electron chi connectivity index (χ0n) is 9.66. The summed E-state index contributed by atoms with van der Waals surface area (Å²) in [6.45, 7) is 3.48. The summed E-state index contributed by atoms with van der Waals surface area (Å²) in [4.78, 5) is 11.6. The number of amides is 1. The maximum atomic E-state index is 11.6. The van der Waals surface area contributed by atoms with Gasteiger partial charge in [0.2, 0.25) is 5.91 Å². The fraction of sp³-hybridized carbons (Fsp3) is 0.545. The highest BCUT2D eigenvalue weighted by Gasteiger charge is 2.11. The highest BCUT2D eigenvalue weighted by Crippen LogP contribution is 1.98. The van der Waals surface area contributed by atoms with Crippen LogP contribution in [0.3, 0.4) is 0 Å². The molecule has 0 saturated carbocycles. The molecule has 1 heterocycles. The third kappa shape index (κ3) is 4.46. The Morgan fingerprint density at radius 2 is 2.44 bits per heavy atom. The summed E-state index contributed by atoms with van der Waals surface area (Å²) in [5, 5.41) is 5.82. The molecule has 1 atom stereocenters. The number of carbonyl (C=O) groups is 1. The second-order valence-corrected chi connectivity index (χ2v) is 3.47. The lowest BCUT2D eigenvalue weighted by molar-refractivity contribution is -0.123. The van der Waals surface area contributed by atoms with Gasteiger partial charge in [0.1, 0.15) is 5.76 Å². The summed E-state index contributed by atoms with van der Waals surface area (Å²) in [5.41, 5.74) is 0. The van der Waals surface area contributed by atoms with Crippen LogP contribution in [0.15, 0.2) is 22.8 Å². The molecule has 5 heteroatoms. The van der Waals surface area contributed by atoms with E-state index in [0.29, 0.717) is 19.7 Å². The number of carbonyl (C=O) groups excluding carboxylic acids is 1. The van der Waals surface area contributed by atoms with Gasteiger partial charge in [-0.05, 0) is 19.1 Å². The number of rotatable bonds is 7. The SMILES string of the molecule is COCCNC(C)C(=O)NCc1ccco1. The first kappa shape index (κ1) is 12.7. The second-order valence-electron chi connectivity index (χ2n) is 3.47. The summed E-state index contributed by atoms with van der Waals surface area (Å²) >= 11 is 0. The average molecular weight is 226 g/mol. The molecular formula is C11H18N2O3. The van der Waals surface area contributed by atoms with Gasteiger partial charge < -0.3 is 19.8 Å². The van der Waals surface area contributed by atoms with Gasteiger partial charge in [0, 0.05) is 13.7 Å². The fourth-order valence-electron chi connectivity index (χ4n) is 1.21. The van der Waals surface area contributed by atoms with Crippen molar-refractivity contribution in [3.05, 3.63) is 24.2 Å². The predicted octanol–water partition coefficient (Wildman–Crippen LogP) is 0.520. The minimum atomic E-state index is -0.231. The highest BCUT2D eigenvalue weighted by atomic mass is 16.5. The molecule has 0 aromatic carbocycles. The minimum absolute atomic E-state index is 0.0486. The molecule has 1 unspecified atom stereocenters. The summed E-state index contributed by atoms with van der Waals surface area (Å²) in [5.74, 6) is 0.699. The number of furan rings is 1. The Morgan fingerprint density at radius 1 is 1.62 bits per heavy atom. The van der Waals surface area contributed by atoms with Crippen molar-refractivity contribution in [1.29, 1.82) is 0 Å². The van der Waals surface area contributed by atoms with E-state index in [4.69, 9.17) is 9.15 Å². The molecule has 0 saturated heterocycles. The van der Waals surface area contributed by atoms with Gasteiger partial charge in [-0.1, -0.05) is 0 Å². The van der Waals surface area contributed by atoms with Crippen molar-refractivity contribution in [2.45, 2.75) is 19.5 Å². The Morgan fingerprint density at radius 3 is 3.06 bits per heavy atom. The molecule has 0 fully saturated rings. The lowest BCUT2D eigenvalue weighted by atomic mass is 10.3. The minimum Gasteiger partial charge on any atom is -0.467 e. The number of nitrogens with one attached hydrogen (secondary N) is 2. The predicted molar refractivity (Wildman–Crippen MR) is 59.9 cm³/mol. The van der Waals surface area contributed by atoms with E-state index in [0.717, 1.165) is 5.76 Å². The van der Waals surface area contributed by atoms with E-state index in [-0.39, 0.29) is 11.9 Å². The summed E-state index contributed by atoms with van der Waals surface area (Å²) in [7, 11) is 1.63.